The molecule has 2 aromatic rings. The van der Waals surface area contributed by atoms with Gasteiger partial charge in [0.25, 0.3) is 5.91 Å². The van der Waals surface area contributed by atoms with Gasteiger partial charge in [-0.05, 0) is 42.2 Å². The number of benzene rings is 2. The SMILES string of the molecule is CNC(=O)c1ccc(CN(C(=O)/C=C/c2ccccc2)C2CC2)cc1. The van der Waals surface area contributed by atoms with Crippen molar-refractivity contribution in [1.82, 2.24) is 10.2 Å². The van der Waals surface area contributed by atoms with Crippen LogP contribution in [0, 0.1) is 0 Å². The van der Waals surface area contributed by atoms with Crippen molar-refractivity contribution in [2.24, 2.45) is 0 Å². The number of carbonyl (C=O) groups excluding carboxylic acids is 2. The Hall–Kier alpha value is -2.88. The van der Waals surface area contributed by atoms with E-state index in [-0.39, 0.29) is 11.8 Å². The van der Waals surface area contributed by atoms with Crippen LogP contribution < -0.4 is 5.32 Å². The molecular formula is C21H22N2O2. The maximum atomic E-state index is 12.6. The van der Waals surface area contributed by atoms with E-state index in [0.29, 0.717) is 18.2 Å². The molecule has 3 rings (SSSR count). The van der Waals surface area contributed by atoms with Crippen LogP contribution >= 0.6 is 0 Å². The molecule has 0 aliphatic heterocycles. The zero-order chi connectivity index (χ0) is 17.6. The minimum atomic E-state index is -0.104. The molecule has 2 aromatic carbocycles. The molecule has 0 aromatic heterocycles. The molecule has 0 heterocycles. The molecule has 4 heteroatoms. The second-order valence-corrected chi connectivity index (χ2v) is 6.22. The molecule has 1 saturated carbocycles. The van der Waals surface area contributed by atoms with Gasteiger partial charge in [-0.25, -0.2) is 0 Å². The standard InChI is InChI=1S/C21H22N2O2/c1-22-21(25)18-10-7-17(8-11-18)15-23(19-12-13-19)20(24)14-9-16-5-3-2-4-6-16/h2-11,14,19H,12-13,15H2,1H3,(H,22,25)/b14-9+. The zero-order valence-electron chi connectivity index (χ0n) is 14.3. The number of carbonyl (C=O) groups is 2. The van der Waals surface area contributed by atoms with Crippen LogP contribution in [0.2, 0.25) is 0 Å². The lowest BCUT2D eigenvalue weighted by atomic mass is 10.1. The first-order chi connectivity index (χ1) is 12.2. The molecule has 0 atom stereocenters. The Morgan fingerprint density at radius 1 is 1.08 bits per heavy atom. The van der Waals surface area contributed by atoms with Crippen molar-refractivity contribution in [3.8, 4) is 0 Å². The molecule has 1 N–H and O–H groups in total. The quantitative estimate of drug-likeness (QED) is 0.825. The Morgan fingerprint density at radius 2 is 1.76 bits per heavy atom. The fourth-order valence-corrected chi connectivity index (χ4v) is 2.70. The molecule has 1 aliphatic carbocycles. The lowest BCUT2D eigenvalue weighted by Crippen LogP contribution is -2.31. The Kier molecular flexibility index (Phi) is 5.29. The monoisotopic (exact) mass is 334 g/mol. The maximum absolute atomic E-state index is 12.6. The van der Waals surface area contributed by atoms with Crippen LogP contribution in [0.15, 0.2) is 60.7 Å². The molecular weight excluding hydrogens is 312 g/mol. The molecule has 0 saturated heterocycles. The molecule has 0 bridgehead atoms. The summed E-state index contributed by atoms with van der Waals surface area (Å²) in [7, 11) is 1.61. The van der Waals surface area contributed by atoms with E-state index in [1.807, 2.05) is 53.4 Å². The van der Waals surface area contributed by atoms with Crippen LogP contribution in [0.3, 0.4) is 0 Å². The summed E-state index contributed by atoms with van der Waals surface area (Å²) in [6.45, 7) is 0.566. The van der Waals surface area contributed by atoms with E-state index in [4.69, 9.17) is 0 Å². The summed E-state index contributed by atoms with van der Waals surface area (Å²) in [4.78, 5) is 26.1. The summed E-state index contributed by atoms with van der Waals surface area (Å²) in [5.41, 5.74) is 2.67. The average Bonchev–Trinajstić information content (AvgIpc) is 3.50. The van der Waals surface area contributed by atoms with E-state index < -0.39 is 0 Å². The van der Waals surface area contributed by atoms with E-state index in [2.05, 4.69) is 5.32 Å². The second kappa shape index (κ2) is 7.79. The summed E-state index contributed by atoms with van der Waals surface area (Å²) in [6.07, 6.45) is 5.61. The fraction of sp³-hybridized carbons (Fsp3) is 0.238. The molecule has 128 valence electrons. The number of amides is 2. The average molecular weight is 334 g/mol. The van der Waals surface area contributed by atoms with E-state index in [9.17, 15) is 9.59 Å². The molecule has 0 radical (unpaired) electrons. The minimum absolute atomic E-state index is 0.0294. The van der Waals surface area contributed by atoms with E-state index in [1.165, 1.54) is 0 Å². The van der Waals surface area contributed by atoms with Crippen molar-refractivity contribution < 1.29 is 9.59 Å². The van der Waals surface area contributed by atoms with Crippen molar-refractivity contribution in [2.75, 3.05) is 7.05 Å². The Bertz CT molecular complexity index is 762. The topological polar surface area (TPSA) is 49.4 Å². The lowest BCUT2D eigenvalue weighted by molar-refractivity contribution is -0.127. The Labute approximate surface area is 148 Å². The third-order valence-electron chi connectivity index (χ3n) is 4.28. The Morgan fingerprint density at radius 3 is 2.36 bits per heavy atom. The van der Waals surface area contributed by atoms with Gasteiger partial charge in [-0.15, -0.1) is 0 Å². The summed E-state index contributed by atoms with van der Waals surface area (Å²) in [5, 5.41) is 2.61. The zero-order valence-corrected chi connectivity index (χ0v) is 14.3. The lowest BCUT2D eigenvalue weighted by Gasteiger charge is -2.21. The van der Waals surface area contributed by atoms with Gasteiger partial charge in [-0.2, -0.15) is 0 Å². The van der Waals surface area contributed by atoms with Gasteiger partial charge in [-0.3, -0.25) is 9.59 Å². The van der Waals surface area contributed by atoms with E-state index >= 15 is 0 Å². The molecule has 0 unspecified atom stereocenters. The molecule has 2 amide bonds. The van der Waals surface area contributed by atoms with Gasteiger partial charge in [0.05, 0.1) is 0 Å². The highest BCUT2D eigenvalue weighted by Gasteiger charge is 2.31. The van der Waals surface area contributed by atoms with Gasteiger partial charge >= 0.3 is 0 Å². The van der Waals surface area contributed by atoms with Gasteiger partial charge in [0.2, 0.25) is 5.91 Å². The van der Waals surface area contributed by atoms with E-state index in [0.717, 1.165) is 24.0 Å². The van der Waals surface area contributed by atoms with Crippen LogP contribution in [-0.4, -0.2) is 29.8 Å². The third-order valence-corrected chi connectivity index (χ3v) is 4.28. The highest BCUT2D eigenvalue weighted by molar-refractivity contribution is 5.94. The van der Waals surface area contributed by atoms with Crippen molar-refractivity contribution in [1.29, 1.82) is 0 Å². The Balaban J connectivity index is 1.68. The number of hydrogen-bond acceptors (Lipinski definition) is 2. The van der Waals surface area contributed by atoms with Crippen molar-refractivity contribution in [3.63, 3.8) is 0 Å². The highest BCUT2D eigenvalue weighted by atomic mass is 16.2. The minimum Gasteiger partial charge on any atom is -0.355 e. The summed E-state index contributed by atoms with van der Waals surface area (Å²) in [6, 6.07) is 17.6. The van der Waals surface area contributed by atoms with Crippen molar-refractivity contribution in [3.05, 3.63) is 77.4 Å². The van der Waals surface area contributed by atoms with Crippen LogP contribution in [0.5, 0.6) is 0 Å². The molecule has 1 fully saturated rings. The molecule has 4 nitrogen and oxygen atoms in total. The highest BCUT2D eigenvalue weighted by Crippen LogP contribution is 2.28. The maximum Gasteiger partial charge on any atom is 0.251 e. The fourth-order valence-electron chi connectivity index (χ4n) is 2.70. The van der Waals surface area contributed by atoms with Gasteiger partial charge in [0.1, 0.15) is 0 Å². The second-order valence-electron chi connectivity index (χ2n) is 6.22. The number of nitrogens with one attached hydrogen (secondary N) is 1. The van der Waals surface area contributed by atoms with E-state index in [1.54, 1.807) is 25.3 Å². The third kappa shape index (κ3) is 4.57. The van der Waals surface area contributed by atoms with Gasteiger partial charge in [-0.1, -0.05) is 42.5 Å². The number of nitrogens with zero attached hydrogens (tertiary/aromatic N) is 1. The molecule has 25 heavy (non-hydrogen) atoms. The first-order valence-electron chi connectivity index (χ1n) is 8.52. The smallest absolute Gasteiger partial charge is 0.251 e. The van der Waals surface area contributed by atoms with Crippen LogP contribution in [-0.2, 0) is 11.3 Å². The van der Waals surface area contributed by atoms with Crippen molar-refractivity contribution >= 4 is 17.9 Å². The molecule has 0 spiro atoms. The summed E-state index contributed by atoms with van der Waals surface area (Å²) < 4.78 is 0. The summed E-state index contributed by atoms with van der Waals surface area (Å²) >= 11 is 0. The first-order valence-corrected chi connectivity index (χ1v) is 8.52. The van der Waals surface area contributed by atoms with Crippen LogP contribution in [0.1, 0.15) is 34.3 Å². The molecule has 1 aliphatic rings. The predicted molar refractivity (Wildman–Crippen MR) is 98.9 cm³/mol. The normalized spacial score (nSPS) is 13.6. The van der Waals surface area contributed by atoms with Gasteiger partial charge < -0.3 is 10.2 Å². The number of rotatable bonds is 6. The number of hydrogen-bond donors (Lipinski definition) is 1. The van der Waals surface area contributed by atoms with Gasteiger partial charge in [0.15, 0.2) is 0 Å². The van der Waals surface area contributed by atoms with Crippen molar-refractivity contribution in [2.45, 2.75) is 25.4 Å². The predicted octanol–water partition coefficient (Wildman–Crippen LogP) is 3.25. The summed E-state index contributed by atoms with van der Waals surface area (Å²) in [5.74, 6) is -0.0748. The van der Waals surface area contributed by atoms with Crippen LogP contribution in [0.4, 0.5) is 0 Å². The first kappa shape index (κ1) is 17.0. The largest absolute Gasteiger partial charge is 0.355 e. The van der Waals surface area contributed by atoms with Crippen LogP contribution in [0.25, 0.3) is 6.08 Å². The van der Waals surface area contributed by atoms with Gasteiger partial charge in [0, 0.05) is 31.3 Å².